The molecule has 3 nitrogen and oxygen atoms in total. The molecule has 1 saturated heterocycles. The third-order valence-corrected chi connectivity index (χ3v) is 3.49. The number of nitrogens with one attached hydrogen (secondary N) is 1. The van der Waals surface area contributed by atoms with E-state index in [1.165, 1.54) is 25.7 Å². The second-order valence-electron chi connectivity index (χ2n) is 4.72. The van der Waals surface area contributed by atoms with E-state index in [9.17, 15) is 0 Å². The quantitative estimate of drug-likeness (QED) is 0.716. The average Bonchev–Trinajstić information content (AvgIpc) is 2.98. The van der Waals surface area contributed by atoms with Gasteiger partial charge in [0.2, 0.25) is 0 Å². The molecule has 2 atom stereocenters. The fourth-order valence-electron chi connectivity index (χ4n) is 2.41. The summed E-state index contributed by atoms with van der Waals surface area (Å²) in [5, 5.41) is 3.41. The molecule has 0 amide bonds. The van der Waals surface area contributed by atoms with Gasteiger partial charge in [-0.3, -0.25) is 4.99 Å². The average molecular weight is 194 g/mol. The SMILES string of the molecule is C1CNCC(C2=NCC(C3CC3)O2)C1. The normalized spacial score (nSPS) is 37.9. The second-order valence-corrected chi connectivity index (χ2v) is 4.72. The molecule has 14 heavy (non-hydrogen) atoms. The van der Waals surface area contributed by atoms with Crippen LogP contribution < -0.4 is 5.32 Å². The van der Waals surface area contributed by atoms with Crippen LogP contribution in [-0.2, 0) is 4.74 Å². The van der Waals surface area contributed by atoms with Crippen LogP contribution in [0.1, 0.15) is 25.7 Å². The van der Waals surface area contributed by atoms with Crippen molar-refractivity contribution in [3.05, 3.63) is 0 Å². The van der Waals surface area contributed by atoms with Gasteiger partial charge >= 0.3 is 0 Å². The Bertz CT molecular complexity index is 242. The van der Waals surface area contributed by atoms with Crippen LogP contribution in [0.4, 0.5) is 0 Å². The number of piperidine rings is 1. The van der Waals surface area contributed by atoms with Crippen LogP contribution in [0.2, 0.25) is 0 Å². The summed E-state index contributed by atoms with van der Waals surface area (Å²) in [6, 6.07) is 0. The monoisotopic (exact) mass is 194 g/mol. The summed E-state index contributed by atoms with van der Waals surface area (Å²) in [6.45, 7) is 3.16. The standard InChI is InChI=1S/C11H18N2O/c1-2-9(6-12-5-1)11-13-7-10(14-11)8-3-4-8/h8-10,12H,1-7H2. The van der Waals surface area contributed by atoms with Crippen LogP contribution in [-0.4, -0.2) is 31.6 Å². The number of rotatable bonds is 2. The molecule has 2 heterocycles. The molecule has 1 N–H and O–H groups in total. The topological polar surface area (TPSA) is 33.6 Å². The van der Waals surface area contributed by atoms with Crippen LogP contribution in [0, 0.1) is 11.8 Å². The van der Waals surface area contributed by atoms with Gasteiger partial charge in [-0.15, -0.1) is 0 Å². The van der Waals surface area contributed by atoms with Crippen molar-refractivity contribution in [2.45, 2.75) is 31.8 Å². The van der Waals surface area contributed by atoms with Gasteiger partial charge in [0.05, 0.1) is 6.54 Å². The predicted octanol–water partition coefficient (Wildman–Crippen LogP) is 1.19. The van der Waals surface area contributed by atoms with Crippen molar-refractivity contribution in [3.8, 4) is 0 Å². The first-order valence-electron chi connectivity index (χ1n) is 5.85. The molecule has 3 rings (SSSR count). The highest BCUT2D eigenvalue weighted by Crippen LogP contribution is 2.37. The maximum absolute atomic E-state index is 5.93. The van der Waals surface area contributed by atoms with E-state index in [1.54, 1.807) is 0 Å². The van der Waals surface area contributed by atoms with E-state index >= 15 is 0 Å². The van der Waals surface area contributed by atoms with Crippen molar-refractivity contribution in [3.63, 3.8) is 0 Å². The fourth-order valence-corrected chi connectivity index (χ4v) is 2.41. The molecule has 2 aliphatic heterocycles. The molecular formula is C11H18N2O. The Morgan fingerprint density at radius 3 is 2.93 bits per heavy atom. The van der Waals surface area contributed by atoms with Crippen molar-refractivity contribution in [2.75, 3.05) is 19.6 Å². The molecule has 0 aromatic heterocycles. The van der Waals surface area contributed by atoms with E-state index in [-0.39, 0.29) is 0 Å². The third kappa shape index (κ3) is 1.65. The van der Waals surface area contributed by atoms with Crippen LogP contribution in [0.15, 0.2) is 4.99 Å². The molecule has 0 aromatic rings. The number of aliphatic imine (C=N–C) groups is 1. The molecule has 0 bridgehead atoms. The lowest BCUT2D eigenvalue weighted by molar-refractivity contribution is 0.183. The van der Waals surface area contributed by atoms with Crippen LogP contribution >= 0.6 is 0 Å². The summed E-state index contributed by atoms with van der Waals surface area (Å²) >= 11 is 0. The molecule has 1 aliphatic carbocycles. The first-order chi connectivity index (χ1) is 6.93. The molecule has 3 heteroatoms. The Morgan fingerprint density at radius 1 is 1.29 bits per heavy atom. The molecule has 0 spiro atoms. The van der Waals surface area contributed by atoms with Gasteiger partial charge in [0.1, 0.15) is 6.10 Å². The lowest BCUT2D eigenvalue weighted by Crippen LogP contribution is -2.35. The van der Waals surface area contributed by atoms with E-state index in [1.807, 2.05) is 0 Å². The van der Waals surface area contributed by atoms with E-state index in [2.05, 4.69) is 10.3 Å². The first-order valence-corrected chi connectivity index (χ1v) is 5.85. The highest BCUT2D eigenvalue weighted by Gasteiger charge is 2.37. The van der Waals surface area contributed by atoms with Crippen molar-refractivity contribution < 1.29 is 4.74 Å². The van der Waals surface area contributed by atoms with E-state index < -0.39 is 0 Å². The Labute approximate surface area is 84.9 Å². The van der Waals surface area contributed by atoms with Gasteiger partial charge in [0.25, 0.3) is 0 Å². The zero-order valence-electron chi connectivity index (χ0n) is 8.54. The lowest BCUT2D eigenvalue weighted by atomic mass is 10.00. The van der Waals surface area contributed by atoms with Crippen LogP contribution in [0.3, 0.4) is 0 Å². The summed E-state index contributed by atoms with van der Waals surface area (Å²) < 4.78 is 5.93. The maximum Gasteiger partial charge on any atom is 0.188 e. The highest BCUT2D eigenvalue weighted by molar-refractivity contribution is 5.80. The second kappa shape index (κ2) is 3.54. The number of ether oxygens (including phenoxy) is 1. The van der Waals surface area contributed by atoms with Crippen molar-refractivity contribution in [1.82, 2.24) is 5.32 Å². The maximum atomic E-state index is 5.93. The zero-order valence-corrected chi connectivity index (χ0v) is 8.54. The molecule has 78 valence electrons. The molecule has 3 aliphatic rings. The van der Waals surface area contributed by atoms with Gasteiger partial charge in [-0.2, -0.15) is 0 Å². The van der Waals surface area contributed by atoms with E-state index in [0.717, 1.165) is 31.4 Å². The first kappa shape index (κ1) is 8.72. The zero-order chi connectivity index (χ0) is 9.38. The van der Waals surface area contributed by atoms with Gasteiger partial charge < -0.3 is 10.1 Å². The number of nitrogens with zero attached hydrogens (tertiary/aromatic N) is 1. The van der Waals surface area contributed by atoms with E-state index in [0.29, 0.717) is 12.0 Å². The molecule has 2 fully saturated rings. The van der Waals surface area contributed by atoms with Gasteiger partial charge in [-0.25, -0.2) is 0 Å². The minimum Gasteiger partial charge on any atom is -0.475 e. The summed E-state index contributed by atoms with van der Waals surface area (Å²) in [4.78, 5) is 4.56. The Morgan fingerprint density at radius 2 is 2.21 bits per heavy atom. The van der Waals surface area contributed by atoms with E-state index in [4.69, 9.17) is 4.74 Å². The number of hydrogen-bond acceptors (Lipinski definition) is 3. The molecule has 0 radical (unpaired) electrons. The van der Waals surface area contributed by atoms with Crippen LogP contribution in [0.25, 0.3) is 0 Å². The van der Waals surface area contributed by atoms with Gasteiger partial charge in [0.15, 0.2) is 5.90 Å². The molecule has 0 aromatic carbocycles. The van der Waals surface area contributed by atoms with Gasteiger partial charge in [-0.1, -0.05) is 0 Å². The Kier molecular flexibility index (Phi) is 2.20. The van der Waals surface area contributed by atoms with Gasteiger partial charge in [0, 0.05) is 12.5 Å². The molecular weight excluding hydrogens is 176 g/mol. The fraction of sp³-hybridized carbons (Fsp3) is 0.909. The summed E-state index contributed by atoms with van der Waals surface area (Å²) in [5.41, 5.74) is 0. The van der Waals surface area contributed by atoms with Gasteiger partial charge in [-0.05, 0) is 38.1 Å². The summed E-state index contributed by atoms with van der Waals surface area (Å²) in [6.07, 6.45) is 5.67. The Balaban J connectivity index is 1.57. The molecule has 2 unspecified atom stereocenters. The summed E-state index contributed by atoms with van der Waals surface area (Å²) in [5.74, 6) is 2.44. The minimum atomic E-state index is 0.437. The largest absolute Gasteiger partial charge is 0.475 e. The highest BCUT2D eigenvalue weighted by atomic mass is 16.5. The van der Waals surface area contributed by atoms with Crippen molar-refractivity contribution >= 4 is 5.90 Å². The minimum absolute atomic E-state index is 0.437. The van der Waals surface area contributed by atoms with Crippen LogP contribution in [0.5, 0.6) is 0 Å². The molecule has 1 saturated carbocycles. The summed E-state index contributed by atoms with van der Waals surface area (Å²) in [7, 11) is 0. The van der Waals surface area contributed by atoms with Crippen molar-refractivity contribution in [2.24, 2.45) is 16.8 Å². The smallest absolute Gasteiger partial charge is 0.188 e. The van der Waals surface area contributed by atoms with Crippen molar-refractivity contribution in [1.29, 1.82) is 0 Å². The lowest BCUT2D eigenvalue weighted by Gasteiger charge is -2.23. The number of hydrogen-bond donors (Lipinski definition) is 1. The predicted molar refractivity (Wildman–Crippen MR) is 55.5 cm³/mol. The third-order valence-electron chi connectivity index (χ3n) is 3.49. The Hall–Kier alpha value is -0.570.